The van der Waals surface area contributed by atoms with Crippen molar-refractivity contribution in [2.24, 2.45) is 0 Å². The van der Waals surface area contributed by atoms with Gasteiger partial charge in [0.25, 0.3) is 0 Å². The van der Waals surface area contributed by atoms with E-state index in [-0.39, 0.29) is 12.1 Å². The minimum atomic E-state index is -0.160. The molecular formula is C19H26N4O3. The molecule has 7 nitrogen and oxygen atoms in total. The Hall–Kier alpha value is -2.70. The Labute approximate surface area is 153 Å². The number of nitrogens with zero attached hydrogens (tertiary/aromatic N) is 2. The van der Waals surface area contributed by atoms with E-state index in [1.165, 1.54) is 0 Å². The maximum absolute atomic E-state index is 12.1. The Morgan fingerprint density at radius 2 is 2.12 bits per heavy atom. The van der Waals surface area contributed by atoms with Crippen molar-refractivity contribution >= 4 is 6.03 Å². The van der Waals surface area contributed by atoms with Crippen LogP contribution in [0.1, 0.15) is 37.8 Å². The van der Waals surface area contributed by atoms with E-state index >= 15 is 0 Å². The number of hydrogen-bond donors (Lipinski definition) is 2. The van der Waals surface area contributed by atoms with Crippen LogP contribution in [0.15, 0.2) is 36.9 Å². The van der Waals surface area contributed by atoms with Gasteiger partial charge >= 0.3 is 6.03 Å². The van der Waals surface area contributed by atoms with E-state index in [0.29, 0.717) is 19.8 Å². The van der Waals surface area contributed by atoms with E-state index in [2.05, 4.69) is 15.6 Å². The van der Waals surface area contributed by atoms with Crippen LogP contribution in [-0.4, -0.2) is 35.3 Å². The van der Waals surface area contributed by atoms with Gasteiger partial charge in [0.05, 0.1) is 25.6 Å². The highest BCUT2D eigenvalue weighted by molar-refractivity contribution is 5.74. The molecule has 3 rings (SSSR count). The number of aromatic nitrogens is 2. The lowest BCUT2D eigenvalue weighted by atomic mass is 10.1. The number of unbranched alkanes of at least 4 members (excludes halogenated alkanes) is 1. The number of carbonyl (C=O) groups is 1. The zero-order valence-electron chi connectivity index (χ0n) is 15.1. The number of rotatable bonds is 7. The molecule has 2 heterocycles. The summed E-state index contributed by atoms with van der Waals surface area (Å²) in [6, 6.07) is 5.54. The Bertz CT molecular complexity index is 703. The summed E-state index contributed by atoms with van der Waals surface area (Å²) >= 11 is 0. The number of benzene rings is 1. The fourth-order valence-corrected chi connectivity index (χ4v) is 2.82. The van der Waals surface area contributed by atoms with Crippen LogP contribution in [0.4, 0.5) is 4.79 Å². The Kier molecular flexibility index (Phi) is 6.35. The number of ether oxygens (including phenoxy) is 2. The molecule has 0 spiro atoms. The monoisotopic (exact) mass is 358 g/mol. The SMILES string of the molecule is CC(NC(=O)NCCCCn1ccnc1)c1ccc2c(c1)OCCCO2. The maximum Gasteiger partial charge on any atom is 0.315 e. The highest BCUT2D eigenvalue weighted by Gasteiger charge is 2.15. The van der Waals surface area contributed by atoms with E-state index < -0.39 is 0 Å². The molecule has 2 aromatic rings. The fourth-order valence-electron chi connectivity index (χ4n) is 2.82. The molecule has 0 fully saturated rings. The summed E-state index contributed by atoms with van der Waals surface area (Å²) in [5, 5.41) is 5.87. The number of nitrogens with one attached hydrogen (secondary N) is 2. The first-order chi connectivity index (χ1) is 12.7. The average molecular weight is 358 g/mol. The van der Waals surface area contributed by atoms with Crippen molar-refractivity contribution in [1.29, 1.82) is 0 Å². The summed E-state index contributed by atoms with van der Waals surface area (Å²) in [5.41, 5.74) is 0.990. The van der Waals surface area contributed by atoms with E-state index in [1.54, 1.807) is 12.5 Å². The third kappa shape index (κ3) is 5.15. The number of amides is 2. The molecule has 1 unspecified atom stereocenters. The lowest BCUT2D eigenvalue weighted by Crippen LogP contribution is -2.37. The van der Waals surface area contributed by atoms with Gasteiger partial charge in [-0.25, -0.2) is 9.78 Å². The lowest BCUT2D eigenvalue weighted by Gasteiger charge is -2.17. The predicted octanol–water partition coefficient (Wildman–Crippen LogP) is 2.89. The first-order valence-corrected chi connectivity index (χ1v) is 9.12. The van der Waals surface area contributed by atoms with Gasteiger partial charge in [0, 0.05) is 31.9 Å². The second kappa shape index (κ2) is 9.12. The Balaban J connectivity index is 1.40. The molecule has 2 amide bonds. The first kappa shape index (κ1) is 18.1. The summed E-state index contributed by atoms with van der Waals surface area (Å²) in [7, 11) is 0. The van der Waals surface area contributed by atoms with E-state index in [4.69, 9.17) is 9.47 Å². The summed E-state index contributed by atoms with van der Waals surface area (Å²) in [6.45, 7) is 4.84. The third-order valence-corrected chi connectivity index (χ3v) is 4.31. The minimum absolute atomic E-state index is 0.113. The largest absolute Gasteiger partial charge is 0.490 e. The molecule has 0 aliphatic carbocycles. The summed E-state index contributed by atoms with van der Waals surface area (Å²) < 4.78 is 13.4. The molecule has 1 aliphatic heterocycles. The standard InChI is InChI=1S/C19H26N4O3/c1-15(16-5-6-17-18(13-16)26-12-4-11-25-17)22-19(24)21-7-2-3-9-23-10-8-20-14-23/h5-6,8,10,13-15H,2-4,7,9,11-12H2,1H3,(H2,21,22,24). The van der Waals surface area contributed by atoms with Gasteiger partial charge in [-0.2, -0.15) is 0 Å². The molecule has 1 aromatic carbocycles. The average Bonchev–Trinajstić information content (AvgIpc) is 3.04. The maximum atomic E-state index is 12.1. The molecule has 0 saturated heterocycles. The van der Waals surface area contributed by atoms with Crippen molar-refractivity contribution in [1.82, 2.24) is 20.2 Å². The van der Waals surface area contributed by atoms with Crippen molar-refractivity contribution in [2.45, 2.75) is 38.8 Å². The number of urea groups is 1. The number of aryl methyl sites for hydroxylation is 1. The van der Waals surface area contributed by atoms with Crippen LogP contribution in [-0.2, 0) is 6.54 Å². The van der Waals surface area contributed by atoms with Crippen LogP contribution in [0, 0.1) is 0 Å². The summed E-state index contributed by atoms with van der Waals surface area (Å²) in [4.78, 5) is 16.1. The molecule has 1 aromatic heterocycles. The minimum Gasteiger partial charge on any atom is -0.490 e. The van der Waals surface area contributed by atoms with Crippen molar-refractivity contribution in [3.63, 3.8) is 0 Å². The van der Waals surface area contributed by atoms with Crippen LogP contribution in [0.2, 0.25) is 0 Å². The topological polar surface area (TPSA) is 77.4 Å². The Morgan fingerprint density at radius 1 is 1.27 bits per heavy atom. The molecule has 0 radical (unpaired) electrons. The predicted molar refractivity (Wildman–Crippen MR) is 98.5 cm³/mol. The molecule has 0 saturated carbocycles. The molecular weight excluding hydrogens is 332 g/mol. The van der Waals surface area contributed by atoms with Crippen LogP contribution in [0.25, 0.3) is 0 Å². The lowest BCUT2D eigenvalue weighted by molar-refractivity contribution is 0.237. The van der Waals surface area contributed by atoms with Crippen LogP contribution in [0.5, 0.6) is 11.5 Å². The smallest absolute Gasteiger partial charge is 0.315 e. The van der Waals surface area contributed by atoms with Crippen LogP contribution in [0.3, 0.4) is 0 Å². The Morgan fingerprint density at radius 3 is 2.92 bits per heavy atom. The second-order valence-corrected chi connectivity index (χ2v) is 6.39. The number of imidazole rings is 1. The molecule has 7 heteroatoms. The molecule has 2 N–H and O–H groups in total. The second-order valence-electron chi connectivity index (χ2n) is 6.39. The van der Waals surface area contributed by atoms with Gasteiger partial charge < -0.3 is 24.7 Å². The van der Waals surface area contributed by atoms with Crippen molar-refractivity contribution in [2.75, 3.05) is 19.8 Å². The van der Waals surface area contributed by atoms with Gasteiger partial charge in [-0.05, 0) is 37.5 Å². The number of carbonyl (C=O) groups excluding carboxylic acids is 1. The van der Waals surface area contributed by atoms with E-state index in [9.17, 15) is 4.79 Å². The fraction of sp³-hybridized carbons (Fsp3) is 0.474. The van der Waals surface area contributed by atoms with Crippen molar-refractivity contribution in [3.05, 3.63) is 42.5 Å². The van der Waals surface area contributed by atoms with Crippen molar-refractivity contribution in [3.8, 4) is 11.5 Å². The quantitative estimate of drug-likeness (QED) is 0.746. The highest BCUT2D eigenvalue weighted by atomic mass is 16.5. The van der Waals surface area contributed by atoms with Crippen LogP contribution < -0.4 is 20.1 Å². The van der Waals surface area contributed by atoms with Crippen molar-refractivity contribution < 1.29 is 14.3 Å². The van der Waals surface area contributed by atoms with Gasteiger partial charge in [-0.15, -0.1) is 0 Å². The zero-order chi connectivity index (χ0) is 18.2. The van der Waals surface area contributed by atoms with Gasteiger partial charge in [0.1, 0.15) is 0 Å². The van der Waals surface area contributed by atoms with Gasteiger partial charge in [0.15, 0.2) is 11.5 Å². The first-order valence-electron chi connectivity index (χ1n) is 9.12. The molecule has 0 bridgehead atoms. The van der Waals surface area contributed by atoms with Gasteiger partial charge in [-0.3, -0.25) is 0 Å². The van der Waals surface area contributed by atoms with E-state index in [0.717, 1.165) is 42.9 Å². The summed E-state index contributed by atoms with van der Waals surface area (Å²) in [5.74, 6) is 1.51. The highest BCUT2D eigenvalue weighted by Crippen LogP contribution is 2.32. The molecule has 1 aliphatic rings. The zero-order valence-corrected chi connectivity index (χ0v) is 15.1. The van der Waals surface area contributed by atoms with Gasteiger partial charge in [0.2, 0.25) is 0 Å². The number of fused-ring (bicyclic) bond motifs is 1. The summed E-state index contributed by atoms with van der Waals surface area (Å²) in [6.07, 6.45) is 8.31. The normalized spacial score (nSPS) is 14.3. The van der Waals surface area contributed by atoms with E-state index in [1.807, 2.05) is 35.9 Å². The molecule has 1 atom stereocenters. The third-order valence-electron chi connectivity index (χ3n) is 4.31. The molecule has 140 valence electrons. The molecule has 26 heavy (non-hydrogen) atoms. The van der Waals surface area contributed by atoms with Crippen LogP contribution >= 0.6 is 0 Å². The number of hydrogen-bond acceptors (Lipinski definition) is 4. The van der Waals surface area contributed by atoms with Gasteiger partial charge in [-0.1, -0.05) is 6.07 Å².